The Balaban J connectivity index is 2.90. The van der Waals surface area contributed by atoms with Gasteiger partial charge in [0.2, 0.25) is 0 Å². The molecule has 0 radical (unpaired) electrons. The van der Waals surface area contributed by atoms with Crippen LogP contribution in [0.4, 0.5) is 0 Å². The predicted octanol–water partition coefficient (Wildman–Crippen LogP) is 4.46. The average molecular weight is 277 g/mol. The van der Waals surface area contributed by atoms with Crippen LogP contribution in [-0.2, 0) is 0 Å². The lowest BCUT2D eigenvalue weighted by Gasteiger charge is -2.28. The van der Waals surface area contributed by atoms with E-state index in [-0.39, 0.29) is 0 Å². The molecular weight excluding hydrogens is 246 g/mol. The monoisotopic (exact) mass is 277 g/mol. The number of hydrogen-bond acceptors (Lipinski definition) is 2. The normalized spacial score (nSPS) is 12.9. The van der Waals surface area contributed by atoms with E-state index in [2.05, 4.69) is 51.2 Å². The van der Waals surface area contributed by atoms with Gasteiger partial charge >= 0.3 is 0 Å². The first-order valence-electron chi connectivity index (χ1n) is 7.97. The molecule has 2 heteroatoms. The van der Waals surface area contributed by atoms with E-state index in [1.165, 1.54) is 18.4 Å². The fourth-order valence-electron chi connectivity index (χ4n) is 2.89. The van der Waals surface area contributed by atoms with Gasteiger partial charge in [0, 0.05) is 12.5 Å². The van der Waals surface area contributed by atoms with Crippen molar-refractivity contribution in [1.29, 1.82) is 0 Å². The number of methoxy groups -OCH3 is 1. The quantitative estimate of drug-likeness (QED) is 0.719. The number of hydrogen-bond donors (Lipinski definition) is 1. The van der Waals surface area contributed by atoms with Gasteiger partial charge in [-0.3, -0.25) is 0 Å². The summed E-state index contributed by atoms with van der Waals surface area (Å²) in [5.41, 5.74) is 1.35. The molecule has 1 aromatic carbocycles. The van der Waals surface area contributed by atoms with E-state index < -0.39 is 0 Å². The summed E-state index contributed by atoms with van der Waals surface area (Å²) in [7, 11) is 1.77. The zero-order chi connectivity index (χ0) is 15.0. The van der Waals surface area contributed by atoms with Crippen molar-refractivity contribution in [3.63, 3.8) is 0 Å². The lowest BCUT2D eigenvalue weighted by Crippen LogP contribution is -2.29. The van der Waals surface area contributed by atoms with E-state index in [1.54, 1.807) is 7.11 Å². The van der Waals surface area contributed by atoms with Crippen LogP contribution in [0.1, 0.15) is 52.0 Å². The first-order valence-corrected chi connectivity index (χ1v) is 7.97. The highest BCUT2D eigenvalue weighted by atomic mass is 16.5. The second-order valence-corrected chi connectivity index (χ2v) is 5.98. The van der Waals surface area contributed by atoms with Gasteiger partial charge in [-0.05, 0) is 30.0 Å². The van der Waals surface area contributed by atoms with Crippen molar-refractivity contribution >= 4 is 0 Å². The molecule has 0 aromatic heterocycles. The molecule has 0 aliphatic rings. The van der Waals surface area contributed by atoms with Crippen molar-refractivity contribution in [2.45, 2.75) is 46.5 Å². The van der Waals surface area contributed by atoms with Crippen LogP contribution >= 0.6 is 0 Å². The molecule has 0 fully saturated rings. The molecule has 20 heavy (non-hydrogen) atoms. The SMILES string of the molecule is CCC(CC)C(CNCC(C)C)c1ccccc1OC. The van der Waals surface area contributed by atoms with Crippen LogP contribution in [0.25, 0.3) is 0 Å². The van der Waals surface area contributed by atoms with Crippen molar-refractivity contribution in [2.75, 3.05) is 20.2 Å². The van der Waals surface area contributed by atoms with Crippen LogP contribution < -0.4 is 10.1 Å². The number of para-hydroxylation sites is 1. The maximum Gasteiger partial charge on any atom is 0.122 e. The fraction of sp³-hybridized carbons (Fsp3) is 0.667. The first-order chi connectivity index (χ1) is 9.63. The number of nitrogens with one attached hydrogen (secondary N) is 1. The molecule has 0 spiro atoms. The molecule has 1 unspecified atom stereocenters. The van der Waals surface area contributed by atoms with Crippen LogP contribution in [0.3, 0.4) is 0 Å². The third-order valence-electron chi connectivity index (χ3n) is 4.07. The molecule has 0 aliphatic carbocycles. The van der Waals surface area contributed by atoms with E-state index in [0.717, 1.165) is 18.8 Å². The third-order valence-corrected chi connectivity index (χ3v) is 4.07. The second kappa shape index (κ2) is 9.02. The molecule has 1 rings (SSSR count). The van der Waals surface area contributed by atoms with E-state index in [0.29, 0.717) is 17.8 Å². The summed E-state index contributed by atoms with van der Waals surface area (Å²) in [5, 5.41) is 3.63. The van der Waals surface area contributed by atoms with Gasteiger partial charge in [0.15, 0.2) is 0 Å². The van der Waals surface area contributed by atoms with Gasteiger partial charge in [0.25, 0.3) is 0 Å². The molecule has 0 saturated carbocycles. The number of ether oxygens (including phenoxy) is 1. The standard InChI is InChI=1S/C18H31NO/c1-6-15(7-2)17(13-19-12-14(3)4)16-10-8-9-11-18(16)20-5/h8-11,14-15,17,19H,6-7,12-13H2,1-5H3. The van der Waals surface area contributed by atoms with Crippen molar-refractivity contribution in [3.05, 3.63) is 29.8 Å². The van der Waals surface area contributed by atoms with Crippen molar-refractivity contribution in [2.24, 2.45) is 11.8 Å². The molecule has 1 aromatic rings. The molecule has 0 heterocycles. The third kappa shape index (κ3) is 4.82. The Morgan fingerprint density at radius 2 is 1.70 bits per heavy atom. The van der Waals surface area contributed by atoms with Gasteiger partial charge in [0.05, 0.1) is 7.11 Å². The lowest BCUT2D eigenvalue weighted by molar-refractivity contribution is 0.352. The van der Waals surface area contributed by atoms with Crippen LogP contribution in [0.2, 0.25) is 0 Å². The molecule has 1 N–H and O–H groups in total. The molecule has 0 amide bonds. The predicted molar refractivity (Wildman–Crippen MR) is 87.5 cm³/mol. The van der Waals surface area contributed by atoms with Crippen LogP contribution in [0.5, 0.6) is 5.75 Å². The Labute approximate surface area is 124 Å². The van der Waals surface area contributed by atoms with Gasteiger partial charge in [-0.1, -0.05) is 58.7 Å². The summed E-state index contributed by atoms with van der Waals surface area (Å²) in [6.07, 6.45) is 2.42. The van der Waals surface area contributed by atoms with Gasteiger partial charge < -0.3 is 10.1 Å². The van der Waals surface area contributed by atoms with Crippen LogP contribution in [-0.4, -0.2) is 20.2 Å². The minimum Gasteiger partial charge on any atom is -0.496 e. The summed E-state index contributed by atoms with van der Waals surface area (Å²) < 4.78 is 5.57. The number of benzene rings is 1. The van der Waals surface area contributed by atoms with E-state index >= 15 is 0 Å². The van der Waals surface area contributed by atoms with Crippen molar-refractivity contribution in [1.82, 2.24) is 5.32 Å². The topological polar surface area (TPSA) is 21.3 Å². The Kier molecular flexibility index (Phi) is 7.68. The maximum atomic E-state index is 5.57. The van der Waals surface area contributed by atoms with Crippen LogP contribution in [0.15, 0.2) is 24.3 Å². The maximum absolute atomic E-state index is 5.57. The highest BCUT2D eigenvalue weighted by Gasteiger charge is 2.23. The molecule has 2 nitrogen and oxygen atoms in total. The summed E-state index contributed by atoms with van der Waals surface area (Å²) >= 11 is 0. The van der Waals surface area contributed by atoms with Gasteiger partial charge in [0.1, 0.15) is 5.75 Å². The summed E-state index contributed by atoms with van der Waals surface area (Å²) in [5.74, 6) is 2.94. The van der Waals surface area contributed by atoms with Gasteiger partial charge in [-0.25, -0.2) is 0 Å². The smallest absolute Gasteiger partial charge is 0.122 e. The molecule has 0 aliphatic heterocycles. The van der Waals surface area contributed by atoms with E-state index in [4.69, 9.17) is 4.74 Å². The molecule has 114 valence electrons. The highest BCUT2D eigenvalue weighted by Crippen LogP contribution is 2.34. The van der Waals surface area contributed by atoms with E-state index in [1.807, 2.05) is 6.07 Å². The Bertz CT molecular complexity index is 371. The zero-order valence-electron chi connectivity index (χ0n) is 13.8. The fourth-order valence-corrected chi connectivity index (χ4v) is 2.89. The average Bonchev–Trinajstić information content (AvgIpc) is 2.46. The minimum absolute atomic E-state index is 0.528. The van der Waals surface area contributed by atoms with Crippen molar-refractivity contribution in [3.8, 4) is 5.75 Å². The molecule has 1 atom stereocenters. The Morgan fingerprint density at radius 3 is 2.25 bits per heavy atom. The minimum atomic E-state index is 0.528. The Morgan fingerprint density at radius 1 is 1.05 bits per heavy atom. The molecule has 0 bridgehead atoms. The number of rotatable bonds is 9. The summed E-state index contributed by atoms with van der Waals surface area (Å²) in [6.45, 7) is 11.2. The zero-order valence-corrected chi connectivity index (χ0v) is 13.8. The summed E-state index contributed by atoms with van der Waals surface area (Å²) in [4.78, 5) is 0. The largest absolute Gasteiger partial charge is 0.496 e. The lowest BCUT2D eigenvalue weighted by atomic mass is 9.82. The Hall–Kier alpha value is -1.02. The second-order valence-electron chi connectivity index (χ2n) is 5.98. The van der Waals surface area contributed by atoms with Crippen molar-refractivity contribution < 1.29 is 4.74 Å². The van der Waals surface area contributed by atoms with Gasteiger partial charge in [-0.2, -0.15) is 0 Å². The van der Waals surface area contributed by atoms with Crippen LogP contribution in [0, 0.1) is 11.8 Å². The molecule has 0 saturated heterocycles. The first kappa shape index (κ1) is 17.0. The highest BCUT2D eigenvalue weighted by molar-refractivity contribution is 5.37. The molecular formula is C18H31NO. The van der Waals surface area contributed by atoms with E-state index in [9.17, 15) is 0 Å². The summed E-state index contributed by atoms with van der Waals surface area (Å²) in [6, 6.07) is 8.47. The van der Waals surface area contributed by atoms with Gasteiger partial charge in [-0.15, -0.1) is 0 Å².